The SMILES string of the molecule is COC(=O)NC(CC(=O)C1CC1)Cc1ccccc1. The zero-order valence-electron chi connectivity index (χ0n) is 11.1. The highest BCUT2D eigenvalue weighted by atomic mass is 16.5. The van der Waals surface area contributed by atoms with Crippen LogP contribution in [0.5, 0.6) is 0 Å². The third-order valence-electron chi connectivity index (χ3n) is 3.31. The first-order valence-corrected chi connectivity index (χ1v) is 6.60. The molecule has 1 amide bonds. The lowest BCUT2D eigenvalue weighted by Gasteiger charge is -2.17. The number of hydrogen-bond acceptors (Lipinski definition) is 3. The molecule has 1 N–H and O–H groups in total. The predicted molar refractivity (Wildman–Crippen MR) is 71.8 cm³/mol. The summed E-state index contributed by atoms with van der Waals surface area (Å²) in [5, 5.41) is 2.75. The molecule has 0 aliphatic heterocycles. The molecule has 0 radical (unpaired) electrons. The number of methoxy groups -OCH3 is 1. The van der Waals surface area contributed by atoms with E-state index >= 15 is 0 Å². The average molecular weight is 261 g/mol. The van der Waals surface area contributed by atoms with Gasteiger partial charge in [0.1, 0.15) is 5.78 Å². The summed E-state index contributed by atoms with van der Waals surface area (Å²) in [5.74, 6) is 0.468. The molecule has 0 aromatic heterocycles. The zero-order valence-corrected chi connectivity index (χ0v) is 11.1. The number of benzene rings is 1. The molecule has 1 saturated carbocycles. The van der Waals surface area contributed by atoms with Crippen molar-refractivity contribution in [3.8, 4) is 0 Å². The van der Waals surface area contributed by atoms with Crippen LogP contribution in [0, 0.1) is 5.92 Å². The number of Topliss-reactive ketones (excluding diaryl/α,β-unsaturated/α-hetero) is 1. The highest BCUT2D eigenvalue weighted by Gasteiger charge is 2.31. The molecule has 4 nitrogen and oxygen atoms in total. The van der Waals surface area contributed by atoms with Crippen LogP contribution in [0.1, 0.15) is 24.8 Å². The van der Waals surface area contributed by atoms with Crippen molar-refractivity contribution in [2.45, 2.75) is 31.7 Å². The number of rotatable bonds is 6. The van der Waals surface area contributed by atoms with Gasteiger partial charge in [0.2, 0.25) is 0 Å². The van der Waals surface area contributed by atoms with E-state index in [1.807, 2.05) is 30.3 Å². The van der Waals surface area contributed by atoms with Crippen molar-refractivity contribution in [1.29, 1.82) is 0 Å². The number of hydrogen-bond donors (Lipinski definition) is 1. The molecule has 1 aromatic carbocycles. The lowest BCUT2D eigenvalue weighted by atomic mass is 10.00. The second-order valence-corrected chi connectivity index (χ2v) is 4.97. The molecule has 1 aliphatic rings. The summed E-state index contributed by atoms with van der Waals surface area (Å²) >= 11 is 0. The Kier molecular flexibility index (Phi) is 4.55. The maximum absolute atomic E-state index is 11.9. The van der Waals surface area contributed by atoms with Crippen LogP contribution in [0.15, 0.2) is 30.3 Å². The summed E-state index contributed by atoms with van der Waals surface area (Å²) in [6.07, 6.45) is 2.54. The fourth-order valence-electron chi connectivity index (χ4n) is 2.11. The van der Waals surface area contributed by atoms with Crippen molar-refractivity contribution >= 4 is 11.9 Å². The highest BCUT2D eigenvalue weighted by Crippen LogP contribution is 2.31. The van der Waals surface area contributed by atoms with Crippen LogP contribution in [0.3, 0.4) is 0 Å². The van der Waals surface area contributed by atoms with E-state index in [-0.39, 0.29) is 17.7 Å². The molecule has 1 unspecified atom stereocenters. The largest absolute Gasteiger partial charge is 0.453 e. The Balaban J connectivity index is 1.96. The monoisotopic (exact) mass is 261 g/mol. The normalized spacial score (nSPS) is 15.6. The number of nitrogens with one attached hydrogen (secondary N) is 1. The van der Waals surface area contributed by atoms with Gasteiger partial charge in [0.15, 0.2) is 0 Å². The van der Waals surface area contributed by atoms with Gasteiger partial charge in [-0.2, -0.15) is 0 Å². The summed E-state index contributed by atoms with van der Waals surface area (Å²) in [4.78, 5) is 23.2. The van der Waals surface area contributed by atoms with Crippen LogP contribution in [-0.2, 0) is 16.0 Å². The second-order valence-electron chi connectivity index (χ2n) is 4.97. The number of alkyl carbamates (subject to hydrolysis) is 1. The smallest absolute Gasteiger partial charge is 0.407 e. The van der Waals surface area contributed by atoms with E-state index in [4.69, 9.17) is 0 Å². The van der Waals surface area contributed by atoms with Gasteiger partial charge in [-0.1, -0.05) is 30.3 Å². The Hall–Kier alpha value is -1.84. The lowest BCUT2D eigenvalue weighted by Crippen LogP contribution is -2.38. The zero-order chi connectivity index (χ0) is 13.7. The number of carbonyl (C=O) groups excluding carboxylic acids is 2. The molecule has 102 valence electrons. The first-order chi connectivity index (χ1) is 9.19. The Labute approximate surface area is 113 Å². The molecule has 1 aliphatic carbocycles. The topological polar surface area (TPSA) is 55.4 Å². The van der Waals surface area contributed by atoms with Crippen molar-refractivity contribution in [2.24, 2.45) is 5.92 Å². The Morgan fingerprint density at radius 1 is 1.32 bits per heavy atom. The van der Waals surface area contributed by atoms with Crippen molar-refractivity contribution < 1.29 is 14.3 Å². The van der Waals surface area contributed by atoms with Gasteiger partial charge in [-0.15, -0.1) is 0 Å². The van der Waals surface area contributed by atoms with Crippen LogP contribution in [0.4, 0.5) is 4.79 Å². The molecular formula is C15H19NO3. The Morgan fingerprint density at radius 2 is 2.00 bits per heavy atom. The molecule has 2 rings (SSSR count). The summed E-state index contributed by atoms with van der Waals surface area (Å²) in [6.45, 7) is 0. The molecule has 0 bridgehead atoms. The molecular weight excluding hydrogens is 242 g/mol. The van der Waals surface area contributed by atoms with Crippen LogP contribution < -0.4 is 5.32 Å². The number of amides is 1. The first kappa shape index (κ1) is 13.6. The van der Waals surface area contributed by atoms with Crippen molar-refractivity contribution in [1.82, 2.24) is 5.32 Å². The van der Waals surface area contributed by atoms with Crippen molar-refractivity contribution in [3.05, 3.63) is 35.9 Å². The van der Waals surface area contributed by atoms with Gasteiger partial charge in [-0.05, 0) is 24.8 Å². The minimum absolute atomic E-state index is 0.192. The molecule has 1 atom stereocenters. The molecule has 0 saturated heterocycles. The number of ether oxygens (including phenoxy) is 1. The van der Waals surface area contributed by atoms with Crippen molar-refractivity contribution in [3.63, 3.8) is 0 Å². The summed E-state index contributed by atoms with van der Waals surface area (Å²) in [5.41, 5.74) is 1.10. The van der Waals surface area contributed by atoms with E-state index in [2.05, 4.69) is 10.1 Å². The van der Waals surface area contributed by atoms with Crippen LogP contribution in [-0.4, -0.2) is 25.0 Å². The Morgan fingerprint density at radius 3 is 2.58 bits per heavy atom. The summed E-state index contributed by atoms with van der Waals surface area (Å²) in [6, 6.07) is 9.64. The minimum Gasteiger partial charge on any atom is -0.453 e. The maximum Gasteiger partial charge on any atom is 0.407 e. The quantitative estimate of drug-likeness (QED) is 0.855. The van der Waals surface area contributed by atoms with Crippen LogP contribution in [0.25, 0.3) is 0 Å². The fourth-order valence-corrected chi connectivity index (χ4v) is 2.11. The summed E-state index contributed by atoms with van der Waals surface area (Å²) < 4.78 is 4.61. The molecule has 0 spiro atoms. The average Bonchev–Trinajstić information content (AvgIpc) is 3.24. The maximum atomic E-state index is 11.9. The van der Waals surface area contributed by atoms with E-state index in [0.29, 0.717) is 12.8 Å². The van der Waals surface area contributed by atoms with Crippen molar-refractivity contribution in [2.75, 3.05) is 7.11 Å². The molecule has 19 heavy (non-hydrogen) atoms. The molecule has 4 heteroatoms. The van der Waals surface area contributed by atoms with Gasteiger partial charge in [-0.25, -0.2) is 4.79 Å². The lowest BCUT2D eigenvalue weighted by molar-refractivity contribution is -0.120. The standard InChI is InChI=1S/C15H19NO3/c1-19-15(18)16-13(10-14(17)12-7-8-12)9-11-5-3-2-4-6-11/h2-6,12-13H,7-10H2,1H3,(H,16,18). The highest BCUT2D eigenvalue weighted by molar-refractivity contribution is 5.84. The predicted octanol–water partition coefficient (Wildman–Crippen LogP) is 2.32. The first-order valence-electron chi connectivity index (χ1n) is 6.60. The number of carbonyl (C=O) groups is 2. The van der Waals surface area contributed by atoms with Gasteiger partial charge in [0, 0.05) is 18.4 Å². The van der Waals surface area contributed by atoms with E-state index in [1.54, 1.807) is 0 Å². The number of ketones is 1. The van der Waals surface area contributed by atoms with E-state index in [9.17, 15) is 9.59 Å². The van der Waals surface area contributed by atoms with Gasteiger partial charge in [-0.3, -0.25) is 4.79 Å². The van der Waals surface area contributed by atoms with E-state index < -0.39 is 6.09 Å². The molecule has 1 aromatic rings. The van der Waals surface area contributed by atoms with Gasteiger partial charge in [0.05, 0.1) is 7.11 Å². The summed E-state index contributed by atoms with van der Waals surface area (Å²) in [7, 11) is 1.33. The molecule has 0 heterocycles. The second kappa shape index (κ2) is 6.36. The van der Waals surface area contributed by atoms with Crippen LogP contribution >= 0.6 is 0 Å². The minimum atomic E-state index is -0.482. The van der Waals surface area contributed by atoms with Gasteiger partial charge < -0.3 is 10.1 Å². The van der Waals surface area contributed by atoms with Crippen LogP contribution in [0.2, 0.25) is 0 Å². The Bertz CT molecular complexity index is 440. The third-order valence-corrected chi connectivity index (χ3v) is 3.31. The molecule has 1 fully saturated rings. The van der Waals surface area contributed by atoms with Gasteiger partial charge in [0.25, 0.3) is 0 Å². The fraction of sp³-hybridized carbons (Fsp3) is 0.467. The van der Waals surface area contributed by atoms with Gasteiger partial charge >= 0.3 is 6.09 Å². The van der Waals surface area contributed by atoms with E-state index in [0.717, 1.165) is 18.4 Å². The third kappa shape index (κ3) is 4.39. The van der Waals surface area contributed by atoms with E-state index in [1.165, 1.54) is 7.11 Å².